The van der Waals surface area contributed by atoms with Crippen molar-refractivity contribution in [1.29, 1.82) is 0 Å². The van der Waals surface area contributed by atoms with Crippen molar-refractivity contribution in [3.8, 4) is 22.4 Å². The maximum Gasteiger partial charge on any atom is 0.189 e. The third kappa shape index (κ3) is 4.98. The van der Waals surface area contributed by atoms with Gasteiger partial charge in [0, 0.05) is 42.2 Å². The van der Waals surface area contributed by atoms with Crippen LogP contribution in [-0.4, -0.2) is 42.9 Å². The van der Waals surface area contributed by atoms with Gasteiger partial charge in [-0.15, -0.1) is 0 Å². The van der Waals surface area contributed by atoms with Gasteiger partial charge in [-0.2, -0.15) is 5.10 Å². The van der Waals surface area contributed by atoms with Crippen LogP contribution in [0, 0.1) is 6.92 Å². The Morgan fingerprint density at radius 2 is 1.76 bits per heavy atom. The molecule has 0 aliphatic carbocycles. The van der Waals surface area contributed by atoms with E-state index in [-0.39, 0.29) is 0 Å². The fraction of sp³-hybridized carbons (Fsp3) is 0.192. The number of H-pyrrole nitrogens is 1. The molecular formula is C26H25N7S. The second-order valence-electron chi connectivity index (χ2n) is 7.98. The summed E-state index contributed by atoms with van der Waals surface area (Å²) in [4.78, 5) is 18.4. The lowest BCUT2D eigenvalue weighted by Crippen LogP contribution is -2.17. The van der Waals surface area contributed by atoms with Crippen LogP contribution in [0.5, 0.6) is 0 Å². The molecule has 8 heteroatoms. The predicted molar refractivity (Wildman–Crippen MR) is 137 cm³/mol. The Balaban J connectivity index is 1.39. The molecule has 0 atom stereocenters. The van der Waals surface area contributed by atoms with Crippen molar-refractivity contribution in [2.45, 2.75) is 25.0 Å². The standard InChI is InChI=1S/C26H25N7S/c1-17-29-23(33-32-17)12-13-27-15-18-8-10-20(11-9-18)24-22(19-6-4-3-5-7-19)14-21-16-28-26(34-2)31-25(21)30-24/h3-11,14,16,27H,12-13,15H2,1-2H3,(H,29,32,33). The predicted octanol–water partition coefficient (Wildman–Crippen LogP) is 4.84. The molecule has 0 spiro atoms. The average Bonchev–Trinajstić information content (AvgIpc) is 3.31. The lowest BCUT2D eigenvalue weighted by atomic mass is 9.98. The maximum absolute atomic E-state index is 4.97. The molecule has 0 amide bonds. The van der Waals surface area contributed by atoms with E-state index in [0.29, 0.717) is 5.65 Å². The molecule has 2 N–H and O–H groups in total. The number of fused-ring (bicyclic) bond motifs is 1. The second-order valence-corrected chi connectivity index (χ2v) is 8.75. The van der Waals surface area contributed by atoms with Crippen LogP contribution in [-0.2, 0) is 13.0 Å². The summed E-state index contributed by atoms with van der Waals surface area (Å²) in [5, 5.41) is 12.2. The Morgan fingerprint density at radius 3 is 2.50 bits per heavy atom. The van der Waals surface area contributed by atoms with E-state index >= 15 is 0 Å². The number of hydrogen-bond donors (Lipinski definition) is 2. The molecule has 0 aliphatic rings. The summed E-state index contributed by atoms with van der Waals surface area (Å²) in [5.41, 5.74) is 6.09. The van der Waals surface area contributed by atoms with Crippen LogP contribution in [0.1, 0.15) is 17.2 Å². The minimum Gasteiger partial charge on any atom is -0.312 e. The van der Waals surface area contributed by atoms with Crippen molar-refractivity contribution in [2.75, 3.05) is 12.8 Å². The minimum atomic E-state index is 0.710. The summed E-state index contributed by atoms with van der Waals surface area (Å²) in [5.74, 6) is 1.68. The van der Waals surface area contributed by atoms with Crippen LogP contribution in [0.25, 0.3) is 33.4 Å². The molecule has 5 aromatic rings. The Hall–Kier alpha value is -3.62. The van der Waals surface area contributed by atoms with E-state index in [1.54, 1.807) is 0 Å². The molecule has 2 aromatic carbocycles. The zero-order chi connectivity index (χ0) is 23.3. The molecule has 170 valence electrons. The van der Waals surface area contributed by atoms with E-state index in [4.69, 9.17) is 4.98 Å². The fourth-order valence-electron chi connectivity index (χ4n) is 3.82. The number of hydrogen-bond acceptors (Lipinski definition) is 7. The van der Waals surface area contributed by atoms with Crippen LogP contribution < -0.4 is 5.32 Å². The van der Waals surface area contributed by atoms with Crippen molar-refractivity contribution < 1.29 is 0 Å². The van der Waals surface area contributed by atoms with Crippen molar-refractivity contribution in [3.63, 3.8) is 0 Å². The molecule has 0 saturated carbocycles. The lowest BCUT2D eigenvalue weighted by Gasteiger charge is -2.12. The van der Waals surface area contributed by atoms with Gasteiger partial charge in [0.1, 0.15) is 5.82 Å². The SMILES string of the molecule is CSc1ncc2cc(-c3ccccc3)c(-c3ccc(CNCCc4n[nH]c(C)n4)cc3)nc2n1. The van der Waals surface area contributed by atoms with E-state index in [2.05, 4.69) is 72.9 Å². The lowest BCUT2D eigenvalue weighted by molar-refractivity contribution is 0.671. The zero-order valence-corrected chi connectivity index (χ0v) is 19.9. The average molecular weight is 468 g/mol. The molecule has 3 heterocycles. The Kier molecular flexibility index (Phi) is 6.60. The Morgan fingerprint density at radius 1 is 0.941 bits per heavy atom. The molecule has 3 aromatic heterocycles. The Bertz CT molecular complexity index is 1400. The highest BCUT2D eigenvalue weighted by Gasteiger charge is 2.13. The highest BCUT2D eigenvalue weighted by Crippen LogP contribution is 2.33. The van der Waals surface area contributed by atoms with E-state index < -0.39 is 0 Å². The van der Waals surface area contributed by atoms with Crippen molar-refractivity contribution in [2.24, 2.45) is 0 Å². The summed E-state index contributed by atoms with van der Waals surface area (Å²) in [6, 6.07) is 21.0. The molecule has 0 fully saturated rings. The van der Waals surface area contributed by atoms with E-state index in [1.165, 1.54) is 17.3 Å². The molecule has 0 bridgehead atoms. The van der Waals surface area contributed by atoms with Crippen LogP contribution in [0.15, 0.2) is 72.0 Å². The zero-order valence-electron chi connectivity index (χ0n) is 19.1. The van der Waals surface area contributed by atoms with Crippen molar-refractivity contribution in [1.82, 2.24) is 35.5 Å². The van der Waals surface area contributed by atoms with Crippen LogP contribution in [0.3, 0.4) is 0 Å². The quantitative estimate of drug-likeness (QED) is 0.192. The third-order valence-electron chi connectivity index (χ3n) is 5.54. The summed E-state index contributed by atoms with van der Waals surface area (Å²) in [7, 11) is 0. The van der Waals surface area contributed by atoms with E-state index in [1.807, 2.05) is 37.6 Å². The first-order chi connectivity index (χ1) is 16.7. The molecular weight excluding hydrogens is 442 g/mol. The number of nitrogens with zero attached hydrogens (tertiary/aromatic N) is 5. The third-order valence-corrected chi connectivity index (χ3v) is 6.10. The van der Waals surface area contributed by atoms with Gasteiger partial charge in [-0.3, -0.25) is 5.10 Å². The molecule has 0 unspecified atom stereocenters. The number of rotatable bonds is 8. The number of benzene rings is 2. The van der Waals surface area contributed by atoms with Gasteiger partial charge in [-0.25, -0.2) is 19.9 Å². The van der Waals surface area contributed by atoms with Crippen molar-refractivity contribution in [3.05, 3.63) is 84.1 Å². The first-order valence-corrected chi connectivity index (χ1v) is 12.4. The summed E-state index contributed by atoms with van der Waals surface area (Å²) in [6.45, 7) is 3.51. The van der Waals surface area contributed by atoms with Crippen molar-refractivity contribution >= 4 is 22.8 Å². The monoisotopic (exact) mass is 467 g/mol. The Labute approximate surface area is 202 Å². The van der Waals surface area contributed by atoms with Crippen LogP contribution >= 0.6 is 11.8 Å². The number of pyridine rings is 1. The van der Waals surface area contributed by atoms with Gasteiger partial charge >= 0.3 is 0 Å². The number of aryl methyl sites for hydroxylation is 1. The fourth-order valence-corrected chi connectivity index (χ4v) is 4.15. The van der Waals surface area contributed by atoms with Gasteiger partial charge in [0.2, 0.25) is 0 Å². The van der Waals surface area contributed by atoms with Gasteiger partial charge in [0.15, 0.2) is 16.6 Å². The van der Waals surface area contributed by atoms with E-state index in [0.717, 1.165) is 64.1 Å². The first-order valence-electron chi connectivity index (χ1n) is 11.1. The summed E-state index contributed by atoms with van der Waals surface area (Å²) in [6.07, 6.45) is 4.62. The summed E-state index contributed by atoms with van der Waals surface area (Å²) < 4.78 is 0. The topological polar surface area (TPSA) is 92.3 Å². The number of aromatic amines is 1. The van der Waals surface area contributed by atoms with Gasteiger partial charge < -0.3 is 5.32 Å². The molecule has 0 radical (unpaired) electrons. The number of thioether (sulfide) groups is 1. The molecule has 34 heavy (non-hydrogen) atoms. The van der Waals surface area contributed by atoms with Gasteiger partial charge in [0.25, 0.3) is 0 Å². The van der Waals surface area contributed by atoms with Gasteiger partial charge in [-0.1, -0.05) is 66.4 Å². The van der Waals surface area contributed by atoms with Crippen LogP contribution in [0.2, 0.25) is 0 Å². The van der Waals surface area contributed by atoms with Crippen LogP contribution in [0.4, 0.5) is 0 Å². The number of aromatic nitrogens is 6. The highest BCUT2D eigenvalue weighted by atomic mass is 32.2. The second kappa shape index (κ2) is 10.1. The highest BCUT2D eigenvalue weighted by molar-refractivity contribution is 7.98. The smallest absolute Gasteiger partial charge is 0.189 e. The molecule has 0 saturated heterocycles. The molecule has 7 nitrogen and oxygen atoms in total. The largest absolute Gasteiger partial charge is 0.312 e. The number of nitrogens with one attached hydrogen (secondary N) is 2. The van der Waals surface area contributed by atoms with E-state index in [9.17, 15) is 0 Å². The molecule has 5 rings (SSSR count). The minimum absolute atomic E-state index is 0.710. The maximum atomic E-state index is 4.97. The summed E-state index contributed by atoms with van der Waals surface area (Å²) >= 11 is 1.52. The first kappa shape index (κ1) is 22.2. The van der Waals surface area contributed by atoms with Gasteiger partial charge in [0.05, 0.1) is 5.69 Å². The van der Waals surface area contributed by atoms with Gasteiger partial charge in [-0.05, 0) is 30.4 Å². The normalized spacial score (nSPS) is 11.2. The molecule has 0 aliphatic heterocycles.